The Hall–Kier alpha value is -6.74. The largest absolute Gasteiger partial charge is 0.310 e. The zero-order valence-corrected chi connectivity index (χ0v) is 30.9. The van der Waals surface area contributed by atoms with E-state index in [1.807, 2.05) is 11.3 Å². The number of hydrogen-bond donors (Lipinski definition) is 0. The van der Waals surface area contributed by atoms with Crippen LogP contribution in [0.3, 0.4) is 0 Å². The van der Waals surface area contributed by atoms with E-state index >= 15 is 0 Å². The molecule has 1 aliphatic rings. The summed E-state index contributed by atoms with van der Waals surface area (Å²) >= 11 is 1.86. The van der Waals surface area contributed by atoms with Gasteiger partial charge in [-0.05, 0) is 104 Å². The first kappa shape index (κ1) is 31.8. The lowest BCUT2D eigenvalue weighted by Crippen LogP contribution is -2.28. The molecule has 258 valence electrons. The van der Waals surface area contributed by atoms with Crippen LogP contribution in [0.25, 0.3) is 53.2 Å². The van der Waals surface area contributed by atoms with E-state index in [4.69, 9.17) is 0 Å². The molecule has 10 aromatic rings. The molecule has 0 spiro atoms. The van der Waals surface area contributed by atoms with Crippen LogP contribution in [0.4, 0.5) is 17.1 Å². The number of rotatable bonds is 6. The first-order valence-corrected chi connectivity index (χ1v) is 19.7. The molecule has 0 fully saturated rings. The third kappa shape index (κ3) is 4.92. The molecule has 0 unspecified atom stereocenters. The van der Waals surface area contributed by atoms with Gasteiger partial charge in [0.2, 0.25) is 0 Å². The molecular weight excluding hydrogens is 683 g/mol. The van der Waals surface area contributed by atoms with Gasteiger partial charge in [0, 0.05) is 31.5 Å². The fourth-order valence-corrected chi connectivity index (χ4v) is 10.3. The van der Waals surface area contributed by atoms with Crippen LogP contribution in [0.1, 0.15) is 22.3 Å². The van der Waals surface area contributed by atoms with Crippen LogP contribution in [0.15, 0.2) is 212 Å². The van der Waals surface area contributed by atoms with Crippen LogP contribution >= 0.6 is 11.3 Å². The van der Waals surface area contributed by atoms with Gasteiger partial charge < -0.3 is 4.90 Å². The molecule has 2 heteroatoms. The van der Waals surface area contributed by atoms with Crippen molar-refractivity contribution < 1.29 is 0 Å². The Kier molecular flexibility index (Phi) is 7.33. The molecule has 1 nitrogen and oxygen atoms in total. The molecule has 55 heavy (non-hydrogen) atoms. The molecule has 0 saturated heterocycles. The fraction of sp³-hybridized carbons (Fsp3) is 0.0189. The smallest absolute Gasteiger partial charge is 0.0714 e. The third-order valence-electron chi connectivity index (χ3n) is 11.5. The van der Waals surface area contributed by atoms with Crippen LogP contribution in [0, 0.1) is 0 Å². The minimum Gasteiger partial charge on any atom is -0.310 e. The Bertz CT molecular complexity index is 3010. The van der Waals surface area contributed by atoms with Crippen molar-refractivity contribution in [2.45, 2.75) is 5.41 Å². The van der Waals surface area contributed by atoms with Gasteiger partial charge in [-0.1, -0.05) is 164 Å². The Morgan fingerprint density at radius 1 is 0.382 bits per heavy atom. The maximum absolute atomic E-state index is 2.50. The summed E-state index contributed by atoms with van der Waals surface area (Å²) in [7, 11) is 0. The highest BCUT2D eigenvalue weighted by molar-refractivity contribution is 7.26. The van der Waals surface area contributed by atoms with E-state index in [0.717, 1.165) is 11.4 Å². The van der Waals surface area contributed by atoms with Crippen molar-refractivity contribution >= 4 is 59.3 Å². The average Bonchev–Trinajstić information content (AvgIpc) is 3.79. The summed E-state index contributed by atoms with van der Waals surface area (Å²) < 4.78 is 2.58. The Balaban J connectivity index is 1.20. The molecule has 11 rings (SSSR count). The molecule has 9 aromatic carbocycles. The molecular formula is C53H35NS. The molecule has 1 heterocycles. The maximum atomic E-state index is 2.50. The van der Waals surface area contributed by atoms with E-state index in [1.165, 1.54) is 81.1 Å². The molecule has 0 saturated carbocycles. The van der Waals surface area contributed by atoms with Gasteiger partial charge in [-0.2, -0.15) is 0 Å². The second-order valence-corrected chi connectivity index (χ2v) is 15.5. The maximum Gasteiger partial charge on any atom is 0.0714 e. The summed E-state index contributed by atoms with van der Waals surface area (Å²) in [6, 6.07) is 78.4. The third-order valence-corrected chi connectivity index (χ3v) is 12.6. The van der Waals surface area contributed by atoms with Crippen molar-refractivity contribution in [3.8, 4) is 22.3 Å². The SMILES string of the molecule is c1ccc(C2(c3ccccc3)c3ccccc3-c3ccc(N(c4cccc(-c5ccc6ccccc6c5)c4)c4cccc5sc6ccccc6c45)cc32)cc1. The number of hydrogen-bond acceptors (Lipinski definition) is 2. The lowest BCUT2D eigenvalue weighted by atomic mass is 9.67. The van der Waals surface area contributed by atoms with E-state index < -0.39 is 5.41 Å². The van der Waals surface area contributed by atoms with Gasteiger partial charge in [0.1, 0.15) is 0 Å². The first-order valence-electron chi connectivity index (χ1n) is 18.9. The van der Waals surface area contributed by atoms with Crippen LogP contribution in [-0.2, 0) is 5.41 Å². The quantitative estimate of drug-likeness (QED) is 0.166. The highest BCUT2D eigenvalue weighted by atomic mass is 32.1. The number of anilines is 3. The lowest BCUT2D eigenvalue weighted by molar-refractivity contribution is 0.768. The van der Waals surface area contributed by atoms with Crippen molar-refractivity contribution in [3.63, 3.8) is 0 Å². The molecule has 0 bridgehead atoms. The van der Waals surface area contributed by atoms with Gasteiger partial charge in [0.05, 0.1) is 11.1 Å². The molecule has 1 aromatic heterocycles. The Morgan fingerprint density at radius 2 is 1.02 bits per heavy atom. The predicted octanol–water partition coefficient (Wildman–Crippen LogP) is 14.7. The molecule has 0 aliphatic heterocycles. The standard InChI is InChI=1S/C53H35NS/c1-3-18-40(19-4-1)53(41-20-5-2-6-21-41)47-25-11-9-23-44(47)45-32-31-43(35-48(45)53)54(49-26-14-28-51-52(49)46-24-10-12-27-50(46)55-51)42-22-13-17-38(34-42)39-30-29-36-15-7-8-16-37(36)33-39/h1-35H. The van der Waals surface area contributed by atoms with Crippen molar-refractivity contribution in [2.75, 3.05) is 4.90 Å². The fourth-order valence-electron chi connectivity index (χ4n) is 9.13. The number of nitrogens with zero attached hydrogens (tertiary/aromatic N) is 1. The molecule has 0 amide bonds. The van der Waals surface area contributed by atoms with E-state index in [2.05, 4.69) is 217 Å². The van der Waals surface area contributed by atoms with Gasteiger partial charge in [0.15, 0.2) is 0 Å². The minimum atomic E-state index is -0.496. The summed E-state index contributed by atoms with van der Waals surface area (Å²) in [6.07, 6.45) is 0. The highest BCUT2D eigenvalue weighted by Crippen LogP contribution is 2.57. The molecule has 0 radical (unpaired) electrons. The van der Waals surface area contributed by atoms with E-state index in [0.29, 0.717) is 0 Å². The van der Waals surface area contributed by atoms with E-state index in [-0.39, 0.29) is 0 Å². The molecule has 0 atom stereocenters. The first-order chi connectivity index (χ1) is 27.3. The second kappa shape index (κ2) is 12.7. The average molecular weight is 718 g/mol. The topological polar surface area (TPSA) is 3.24 Å². The van der Waals surface area contributed by atoms with Crippen molar-refractivity contribution in [2.24, 2.45) is 0 Å². The van der Waals surface area contributed by atoms with Gasteiger partial charge in [-0.3, -0.25) is 0 Å². The Labute approximate surface area is 325 Å². The summed E-state index contributed by atoms with van der Waals surface area (Å²) in [5.41, 5.74) is 13.0. The number of thiophene rings is 1. The number of benzene rings is 9. The summed E-state index contributed by atoms with van der Waals surface area (Å²) in [5, 5.41) is 5.05. The van der Waals surface area contributed by atoms with Gasteiger partial charge in [-0.15, -0.1) is 11.3 Å². The summed E-state index contributed by atoms with van der Waals surface area (Å²) in [4.78, 5) is 2.50. The zero-order chi connectivity index (χ0) is 36.3. The summed E-state index contributed by atoms with van der Waals surface area (Å²) in [6.45, 7) is 0. The normalized spacial score (nSPS) is 12.9. The van der Waals surface area contributed by atoms with Gasteiger partial charge in [-0.25, -0.2) is 0 Å². The van der Waals surface area contributed by atoms with Gasteiger partial charge in [0.25, 0.3) is 0 Å². The van der Waals surface area contributed by atoms with Crippen molar-refractivity contribution in [1.29, 1.82) is 0 Å². The highest BCUT2D eigenvalue weighted by Gasteiger charge is 2.46. The van der Waals surface area contributed by atoms with Crippen LogP contribution in [0.2, 0.25) is 0 Å². The molecule has 1 aliphatic carbocycles. The summed E-state index contributed by atoms with van der Waals surface area (Å²) in [5.74, 6) is 0. The second-order valence-electron chi connectivity index (χ2n) is 14.5. The minimum absolute atomic E-state index is 0.496. The van der Waals surface area contributed by atoms with Crippen molar-refractivity contribution in [3.05, 3.63) is 235 Å². The monoisotopic (exact) mass is 717 g/mol. The van der Waals surface area contributed by atoms with E-state index in [1.54, 1.807) is 0 Å². The predicted molar refractivity (Wildman–Crippen MR) is 234 cm³/mol. The van der Waals surface area contributed by atoms with Crippen LogP contribution in [0.5, 0.6) is 0 Å². The zero-order valence-electron chi connectivity index (χ0n) is 30.1. The van der Waals surface area contributed by atoms with Crippen molar-refractivity contribution in [1.82, 2.24) is 0 Å². The molecule has 0 N–H and O–H groups in total. The van der Waals surface area contributed by atoms with Crippen LogP contribution < -0.4 is 4.90 Å². The lowest BCUT2D eigenvalue weighted by Gasteiger charge is -2.35. The van der Waals surface area contributed by atoms with E-state index in [9.17, 15) is 0 Å². The Morgan fingerprint density at radius 3 is 1.85 bits per heavy atom. The van der Waals surface area contributed by atoms with Crippen LogP contribution in [-0.4, -0.2) is 0 Å². The van der Waals surface area contributed by atoms with Gasteiger partial charge >= 0.3 is 0 Å². The number of fused-ring (bicyclic) bond motifs is 7.